The number of benzene rings is 1. The summed E-state index contributed by atoms with van der Waals surface area (Å²) in [5.74, 6) is -3.52. The quantitative estimate of drug-likeness (QED) is 0.845. The summed E-state index contributed by atoms with van der Waals surface area (Å²) in [6.45, 7) is 2.96. The lowest BCUT2D eigenvalue weighted by Crippen LogP contribution is -2.25. The molecule has 2 atom stereocenters. The van der Waals surface area contributed by atoms with Crippen LogP contribution in [0.15, 0.2) is 18.2 Å². The largest absolute Gasteiger partial charge is 0.481 e. The van der Waals surface area contributed by atoms with Crippen LogP contribution in [-0.2, 0) is 4.79 Å². The Bertz CT molecular complexity index is 459. The number of hydrogen-bond donors (Lipinski definition) is 1. The maximum Gasteiger partial charge on any atom is 0.306 e. The third-order valence-corrected chi connectivity index (χ3v) is 3.06. The van der Waals surface area contributed by atoms with E-state index in [1.807, 2.05) is 0 Å². The fraction of sp³-hybridized carbons (Fsp3) is 0.333. The van der Waals surface area contributed by atoms with E-state index in [0.717, 1.165) is 12.1 Å². The van der Waals surface area contributed by atoms with E-state index in [2.05, 4.69) is 0 Å². The van der Waals surface area contributed by atoms with E-state index in [-0.39, 0.29) is 10.6 Å². The lowest BCUT2D eigenvalue weighted by atomic mass is 9.88. The molecule has 3 nitrogen and oxygen atoms in total. The molecule has 0 aliphatic rings. The fourth-order valence-corrected chi connectivity index (χ4v) is 1.64. The predicted octanol–water partition coefficient (Wildman–Crippen LogP) is 3.02. The number of carboxylic acids is 1. The number of carbonyl (C=O) groups excluding carboxylic acids is 1. The Kier molecular flexibility index (Phi) is 4.23. The Morgan fingerprint density at radius 1 is 1.29 bits per heavy atom. The molecule has 0 bridgehead atoms. The normalized spacial score (nSPS) is 14.1. The first-order valence-electron chi connectivity index (χ1n) is 5.06. The SMILES string of the molecule is CC(C(=O)O)C(C)C(=O)c1ccc(F)cc1Cl. The van der Waals surface area contributed by atoms with E-state index in [0.29, 0.717) is 0 Å². The molecule has 17 heavy (non-hydrogen) atoms. The fourth-order valence-electron chi connectivity index (χ4n) is 1.38. The van der Waals surface area contributed by atoms with Crippen molar-refractivity contribution in [3.8, 4) is 0 Å². The van der Waals surface area contributed by atoms with Gasteiger partial charge in [0, 0.05) is 11.5 Å². The molecule has 0 radical (unpaired) electrons. The summed E-state index contributed by atoms with van der Waals surface area (Å²) < 4.78 is 12.8. The van der Waals surface area contributed by atoms with Gasteiger partial charge in [-0.15, -0.1) is 0 Å². The summed E-state index contributed by atoms with van der Waals surface area (Å²) >= 11 is 5.74. The van der Waals surface area contributed by atoms with Gasteiger partial charge in [0.2, 0.25) is 0 Å². The minimum atomic E-state index is -1.05. The van der Waals surface area contributed by atoms with Crippen LogP contribution in [0.4, 0.5) is 4.39 Å². The third-order valence-electron chi connectivity index (χ3n) is 2.75. The molecular weight excluding hydrogens is 247 g/mol. The monoisotopic (exact) mass is 258 g/mol. The van der Waals surface area contributed by atoms with Crippen LogP contribution < -0.4 is 0 Å². The number of hydrogen-bond acceptors (Lipinski definition) is 2. The first kappa shape index (κ1) is 13.6. The second-order valence-corrected chi connectivity index (χ2v) is 4.31. The lowest BCUT2D eigenvalue weighted by molar-refractivity contribution is -0.142. The summed E-state index contributed by atoms with van der Waals surface area (Å²) in [5, 5.41) is 8.82. The van der Waals surface area contributed by atoms with E-state index >= 15 is 0 Å². The van der Waals surface area contributed by atoms with Crippen molar-refractivity contribution in [2.24, 2.45) is 11.8 Å². The van der Waals surface area contributed by atoms with Crippen molar-refractivity contribution >= 4 is 23.4 Å². The minimum absolute atomic E-state index is 0.000520. The molecule has 1 aromatic rings. The summed E-state index contributed by atoms with van der Waals surface area (Å²) in [4.78, 5) is 22.7. The van der Waals surface area contributed by atoms with Crippen LogP contribution >= 0.6 is 11.6 Å². The molecule has 2 unspecified atom stereocenters. The van der Waals surface area contributed by atoms with Crippen LogP contribution in [0, 0.1) is 17.7 Å². The van der Waals surface area contributed by atoms with Crippen molar-refractivity contribution in [3.63, 3.8) is 0 Å². The maximum absolute atomic E-state index is 12.8. The van der Waals surface area contributed by atoms with Gasteiger partial charge in [-0.2, -0.15) is 0 Å². The van der Waals surface area contributed by atoms with Crippen molar-refractivity contribution in [1.82, 2.24) is 0 Å². The van der Waals surface area contributed by atoms with E-state index in [1.54, 1.807) is 0 Å². The number of carboxylic acid groups (broad SMARTS) is 1. The molecule has 0 amide bonds. The number of Topliss-reactive ketones (excluding diaryl/α,β-unsaturated/α-hetero) is 1. The molecule has 1 N–H and O–H groups in total. The highest BCUT2D eigenvalue weighted by atomic mass is 35.5. The molecule has 1 aromatic carbocycles. The van der Waals surface area contributed by atoms with Crippen LogP contribution in [0.5, 0.6) is 0 Å². The highest BCUT2D eigenvalue weighted by molar-refractivity contribution is 6.34. The molecular formula is C12H12ClFO3. The van der Waals surface area contributed by atoms with Crippen LogP contribution in [0.2, 0.25) is 5.02 Å². The van der Waals surface area contributed by atoms with Crippen molar-refractivity contribution in [2.75, 3.05) is 0 Å². The molecule has 0 fully saturated rings. The number of aliphatic carboxylic acids is 1. The molecule has 92 valence electrons. The van der Waals surface area contributed by atoms with Gasteiger partial charge >= 0.3 is 5.97 Å². The Hall–Kier alpha value is -1.42. The Morgan fingerprint density at radius 2 is 1.88 bits per heavy atom. The van der Waals surface area contributed by atoms with Crippen LogP contribution in [0.3, 0.4) is 0 Å². The average Bonchev–Trinajstić information content (AvgIpc) is 2.26. The molecule has 0 aromatic heterocycles. The standard InChI is InChI=1S/C12H12ClFO3/c1-6(7(2)12(16)17)11(15)9-4-3-8(14)5-10(9)13/h3-7H,1-2H3,(H,16,17). The molecule has 0 saturated heterocycles. The molecule has 0 aliphatic carbocycles. The molecule has 0 heterocycles. The molecule has 5 heteroatoms. The van der Waals surface area contributed by atoms with E-state index < -0.39 is 29.4 Å². The van der Waals surface area contributed by atoms with Gasteiger partial charge in [-0.3, -0.25) is 9.59 Å². The van der Waals surface area contributed by atoms with E-state index in [4.69, 9.17) is 16.7 Å². The van der Waals surface area contributed by atoms with Gasteiger partial charge in [-0.25, -0.2) is 4.39 Å². The van der Waals surface area contributed by atoms with Crippen LogP contribution in [0.1, 0.15) is 24.2 Å². The minimum Gasteiger partial charge on any atom is -0.481 e. The lowest BCUT2D eigenvalue weighted by Gasteiger charge is -2.15. The highest BCUT2D eigenvalue weighted by Crippen LogP contribution is 2.24. The zero-order chi connectivity index (χ0) is 13.2. The smallest absolute Gasteiger partial charge is 0.306 e. The summed E-state index contributed by atoms with van der Waals surface area (Å²) in [5.41, 5.74) is 0.147. The van der Waals surface area contributed by atoms with E-state index in [1.165, 1.54) is 19.9 Å². The number of rotatable bonds is 4. The number of carbonyl (C=O) groups is 2. The van der Waals surface area contributed by atoms with Gasteiger partial charge in [0.25, 0.3) is 0 Å². The number of halogens is 2. The summed E-state index contributed by atoms with van der Waals surface area (Å²) in [6, 6.07) is 3.43. The average molecular weight is 259 g/mol. The second kappa shape index (κ2) is 5.27. The summed E-state index contributed by atoms with van der Waals surface area (Å²) in [7, 11) is 0. The predicted molar refractivity (Wildman–Crippen MR) is 61.7 cm³/mol. The van der Waals surface area contributed by atoms with Crippen LogP contribution in [0.25, 0.3) is 0 Å². The summed E-state index contributed by atoms with van der Waals surface area (Å²) in [6.07, 6.45) is 0. The zero-order valence-corrected chi connectivity index (χ0v) is 10.2. The third kappa shape index (κ3) is 3.03. The van der Waals surface area contributed by atoms with E-state index in [9.17, 15) is 14.0 Å². The molecule has 0 spiro atoms. The van der Waals surface area contributed by atoms with Gasteiger partial charge in [0.15, 0.2) is 5.78 Å². The molecule has 0 aliphatic heterocycles. The van der Waals surface area contributed by atoms with Gasteiger partial charge in [-0.05, 0) is 18.2 Å². The Labute approximate surface area is 103 Å². The van der Waals surface area contributed by atoms with Crippen molar-refractivity contribution < 1.29 is 19.1 Å². The van der Waals surface area contributed by atoms with Gasteiger partial charge in [0.05, 0.1) is 10.9 Å². The molecule has 1 rings (SSSR count). The molecule has 0 saturated carbocycles. The Morgan fingerprint density at radius 3 is 2.35 bits per heavy atom. The second-order valence-electron chi connectivity index (χ2n) is 3.90. The van der Waals surface area contributed by atoms with Crippen LogP contribution in [-0.4, -0.2) is 16.9 Å². The first-order valence-corrected chi connectivity index (χ1v) is 5.44. The zero-order valence-electron chi connectivity index (χ0n) is 9.41. The number of ketones is 1. The highest BCUT2D eigenvalue weighted by Gasteiger charge is 2.27. The van der Waals surface area contributed by atoms with Crippen molar-refractivity contribution in [1.29, 1.82) is 0 Å². The topological polar surface area (TPSA) is 54.4 Å². The van der Waals surface area contributed by atoms with Gasteiger partial charge < -0.3 is 5.11 Å². The van der Waals surface area contributed by atoms with Gasteiger partial charge in [-0.1, -0.05) is 25.4 Å². The maximum atomic E-state index is 12.8. The van der Waals surface area contributed by atoms with Crippen molar-refractivity contribution in [2.45, 2.75) is 13.8 Å². The Balaban J connectivity index is 3.00. The van der Waals surface area contributed by atoms with Gasteiger partial charge in [0.1, 0.15) is 5.82 Å². The first-order chi connectivity index (χ1) is 7.84. The van der Waals surface area contributed by atoms with Crippen molar-refractivity contribution in [3.05, 3.63) is 34.6 Å².